The van der Waals surface area contributed by atoms with Gasteiger partial charge in [0.15, 0.2) is 18.5 Å². The average molecular weight is 903 g/mol. The second-order valence-electron chi connectivity index (χ2n) is 14.0. The Bertz CT molecular complexity index is 1970. The first-order valence-corrected chi connectivity index (χ1v) is 21.5. The van der Waals surface area contributed by atoms with Crippen LogP contribution in [0.4, 0.5) is 0 Å². The minimum Gasteiger partial charge on any atom is -0.452 e. The van der Waals surface area contributed by atoms with Gasteiger partial charge in [0, 0.05) is 0 Å². The maximum Gasteiger partial charge on any atom is 0.338 e. The monoisotopic (exact) mass is 901 g/mol. The number of aliphatic hydroxyl groups excluding tert-OH is 1. The number of benzene rings is 4. The second kappa shape index (κ2) is 21.9. The number of aliphatic hydroxyl groups is 1. The molecule has 6 rings (SSSR count). The van der Waals surface area contributed by atoms with Gasteiger partial charge in [0.05, 0.1) is 43.1 Å². The van der Waals surface area contributed by atoms with Crippen molar-refractivity contribution in [1.82, 2.24) is 5.32 Å². The predicted molar refractivity (Wildman–Crippen MR) is 227 cm³/mol. The molecule has 2 aliphatic heterocycles. The van der Waals surface area contributed by atoms with Gasteiger partial charge >= 0.3 is 11.9 Å². The maximum atomic E-state index is 13.9. The van der Waals surface area contributed by atoms with E-state index >= 15 is 0 Å². The van der Waals surface area contributed by atoms with Crippen LogP contribution >= 0.6 is 46.6 Å². The molecule has 1 amide bonds. The van der Waals surface area contributed by atoms with Gasteiger partial charge in [0.2, 0.25) is 0 Å². The van der Waals surface area contributed by atoms with Gasteiger partial charge in [-0.1, -0.05) is 139 Å². The summed E-state index contributed by atoms with van der Waals surface area (Å²) in [5.74, 6) is -1.88. The molecular weight excluding hydrogens is 857 g/mol. The van der Waals surface area contributed by atoms with E-state index < -0.39 is 82.1 Å². The Labute approximate surface area is 368 Å². The molecule has 2 saturated heterocycles. The van der Waals surface area contributed by atoms with Crippen LogP contribution in [0.2, 0.25) is 0 Å². The van der Waals surface area contributed by atoms with Crippen molar-refractivity contribution in [3.8, 4) is 0 Å². The summed E-state index contributed by atoms with van der Waals surface area (Å²) in [4.78, 5) is 40.7. The number of hydrogen-bond acceptors (Lipinski definition) is 12. The van der Waals surface area contributed by atoms with Crippen LogP contribution in [0.25, 0.3) is 0 Å². The summed E-state index contributed by atoms with van der Waals surface area (Å²) >= 11 is 19.4. The van der Waals surface area contributed by atoms with Gasteiger partial charge < -0.3 is 43.6 Å². The van der Waals surface area contributed by atoms with Crippen molar-refractivity contribution in [3.05, 3.63) is 144 Å². The van der Waals surface area contributed by atoms with Crippen LogP contribution in [0.3, 0.4) is 0 Å². The second-order valence-corrected chi connectivity index (χ2v) is 17.7. The number of hydrogen-bond donors (Lipinski definition) is 2. The van der Waals surface area contributed by atoms with Crippen molar-refractivity contribution in [2.45, 2.75) is 91.3 Å². The highest BCUT2D eigenvalue weighted by Gasteiger charge is 2.55. The van der Waals surface area contributed by atoms with Crippen molar-refractivity contribution in [2.24, 2.45) is 0 Å². The number of esters is 2. The number of thioether (sulfide) groups is 1. The molecule has 0 radical (unpaired) electrons. The molecule has 0 saturated carbocycles. The van der Waals surface area contributed by atoms with Crippen molar-refractivity contribution in [2.75, 3.05) is 12.4 Å². The first-order chi connectivity index (χ1) is 28.9. The third-order valence-corrected chi connectivity index (χ3v) is 11.3. The zero-order valence-corrected chi connectivity index (χ0v) is 35.8. The summed E-state index contributed by atoms with van der Waals surface area (Å²) in [6.07, 6.45) is -10.0. The number of ether oxygens (including phenoxy) is 7. The third-order valence-electron chi connectivity index (χ3n) is 9.76. The summed E-state index contributed by atoms with van der Waals surface area (Å²) < 4.78 is 42.1. The summed E-state index contributed by atoms with van der Waals surface area (Å²) in [7, 11) is 0. The summed E-state index contributed by atoms with van der Waals surface area (Å²) in [5.41, 5.74) is 1.31. The number of carbonyl (C=O) groups excluding carboxylic acids is 3. The normalized spacial score (nSPS) is 26.8. The molecule has 0 bridgehead atoms. The van der Waals surface area contributed by atoms with Gasteiger partial charge in [-0.3, -0.25) is 4.79 Å². The van der Waals surface area contributed by atoms with Crippen LogP contribution in [-0.2, 0) is 51.2 Å². The van der Waals surface area contributed by atoms with Gasteiger partial charge in [0.1, 0.15) is 29.9 Å². The number of nitrogens with one attached hydrogen (secondary N) is 1. The molecule has 12 nitrogen and oxygen atoms in total. The van der Waals surface area contributed by atoms with Crippen LogP contribution < -0.4 is 5.32 Å². The number of alkyl halides is 3. The molecule has 0 aromatic heterocycles. The van der Waals surface area contributed by atoms with Gasteiger partial charge in [-0.05, 0) is 48.1 Å². The first-order valence-electron chi connectivity index (χ1n) is 19.4. The van der Waals surface area contributed by atoms with E-state index in [1.807, 2.05) is 67.6 Å². The van der Waals surface area contributed by atoms with E-state index in [0.29, 0.717) is 5.75 Å². The average Bonchev–Trinajstić information content (AvgIpc) is 3.25. The van der Waals surface area contributed by atoms with Crippen LogP contribution in [0.15, 0.2) is 121 Å². The van der Waals surface area contributed by atoms with E-state index in [9.17, 15) is 19.5 Å². The van der Waals surface area contributed by atoms with Crippen molar-refractivity contribution in [3.63, 3.8) is 0 Å². The summed E-state index contributed by atoms with van der Waals surface area (Å²) in [5, 5.41) is 14.8. The Hall–Kier alpha value is -3.73. The fourth-order valence-electron chi connectivity index (χ4n) is 6.79. The van der Waals surface area contributed by atoms with E-state index in [-0.39, 0.29) is 30.9 Å². The molecule has 60 heavy (non-hydrogen) atoms. The zero-order chi connectivity index (χ0) is 42.6. The third kappa shape index (κ3) is 12.2. The molecule has 320 valence electrons. The van der Waals surface area contributed by atoms with Crippen LogP contribution in [0.1, 0.15) is 45.7 Å². The maximum absolute atomic E-state index is 13.9. The number of carbonyl (C=O) groups is 3. The minimum atomic E-state index is -2.38. The van der Waals surface area contributed by atoms with Crippen LogP contribution in [0.5, 0.6) is 0 Å². The van der Waals surface area contributed by atoms with E-state index in [4.69, 9.17) is 68.0 Å². The number of halogens is 3. The highest BCUT2D eigenvalue weighted by molar-refractivity contribution is 7.99. The fourth-order valence-corrected chi connectivity index (χ4v) is 7.93. The lowest BCUT2D eigenvalue weighted by Crippen LogP contribution is -2.68. The highest BCUT2D eigenvalue weighted by Crippen LogP contribution is 2.37. The lowest BCUT2D eigenvalue weighted by molar-refractivity contribution is -0.331. The molecule has 2 N–H and O–H groups in total. The molecule has 16 heteroatoms. The number of rotatable bonds is 16. The van der Waals surface area contributed by atoms with Crippen molar-refractivity contribution in [1.29, 1.82) is 0 Å². The van der Waals surface area contributed by atoms with Crippen molar-refractivity contribution >= 4 is 64.4 Å². The topological polar surface area (TPSA) is 148 Å². The minimum absolute atomic E-state index is 0.0180. The molecule has 0 aliphatic carbocycles. The van der Waals surface area contributed by atoms with E-state index in [2.05, 4.69) is 5.32 Å². The van der Waals surface area contributed by atoms with Gasteiger partial charge in [-0.15, -0.1) is 11.8 Å². The van der Waals surface area contributed by atoms with Crippen LogP contribution in [0, 0.1) is 0 Å². The molecule has 4 aromatic rings. The molecule has 10 atom stereocenters. The van der Waals surface area contributed by atoms with E-state index in [1.165, 1.54) is 11.8 Å². The van der Waals surface area contributed by atoms with Crippen molar-refractivity contribution < 1.29 is 52.6 Å². The van der Waals surface area contributed by atoms with Gasteiger partial charge in [-0.25, -0.2) is 9.59 Å². The Morgan fingerprint density at radius 1 is 0.717 bits per heavy atom. The van der Waals surface area contributed by atoms with E-state index in [0.717, 1.165) is 11.1 Å². The molecule has 0 unspecified atom stereocenters. The Balaban J connectivity index is 1.37. The fraction of sp³-hybridized carbons (Fsp3) is 0.386. The molecular formula is C44H46Cl3NO11S. The Morgan fingerprint density at radius 3 is 1.77 bits per heavy atom. The SMILES string of the molecule is CCS[C@@H]1O[C@H](COCc2ccccc2)[C@@H](O)[C@H](O[C@@H]2O[C@@H](C)[C@@H](OC(=O)c3ccccc3)[C@@H](OC(=O)c3ccccc3)[C@@H]2OCc2ccccc2)[C@H]1NC(=O)C(Cl)(Cl)Cl. The molecule has 2 aliphatic rings. The summed E-state index contributed by atoms with van der Waals surface area (Å²) in [6.45, 7) is 3.68. The highest BCUT2D eigenvalue weighted by atomic mass is 35.6. The molecule has 2 fully saturated rings. The molecule has 0 spiro atoms. The predicted octanol–water partition coefficient (Wildman–Crippen LogP) is 7.06. The number of amides is 1. The van der Waals surface area contributed by atoms with E-state index in [1.54, 1.807) is 67.6 Å². The lowest BCUT2D eigenvalue weighted by atomic mass is 9.95. The molecule has 4 aromatic carbocycles. The van der Waals surface area contributed by atoms with Gasteiger partial charge in [-0.2, -0.15) is 0 Å². The quantitative estimate of drug-likeness (QED) is 0.0877. The summed E-state index contributed by atoms with van der Waals surface area (Å²) in [6, 6.07) is 34.2. The lowest BCUT2D eigenvalue weighted by Gasteiger charge is -2.49. The largest absolute Gasteiger partial charge is 0.452 e. The smallest absolute Gasteiger partial charge is 0.338 e. The first kappa shape index (κ1) is 45.8. The van der Waals surface area contributed by atoms with Crippen LogP contribution in [-0.4, -0.2) is 99.6 Å². The van der Waals surface area contributed by atoms with Gasteiger partial charge in [0.25, 0.3) is 9.70 Å². The Kier molecular flexibility index (Phi) is 16.7. The molecule has 2 heterocycles. The Morgan fingerprint density at radius 2 is 1.23 bits per heavy atom. The standard InChI is InChI=1S/C44H46Cl3NO11S/c1-3-60-42-33(48-43(52)44(45,46)47)36(34(49)32(56-42)26-53-24-28-16-8-4-9-17-28)59-41-38(54-25-29-18-10-5-11-19-29)37(58-40(51)31-22-14-7-15-23-31)35(27(2)55-41)57-39(50)30-20-12-6-13-21-30/h4-23,27,32-38,41-42,49H,3,24-26H2,1-2H3,(H,48,52)/t27-,32+,33+,34+,35+,36+,37+,38-,41-,42-/m0/s1. The zero-order valence-electron chi connectivity index (χ0n) is 32.7.